The van der Waals surface area contributed by atoms with E-state index >= 15 is 0 Å². The number of hydrogen-bond acceptors (Lipinski definition) is 6. The van der Waals surface area contributed by atoms with Crippen LogP contribution >= 0.6 is 0 Å². The van der Waals surface area contributed by atoms with Gasteiger partial charge in [0.25, 0.3) is 0 Å². The normalized spacial score (nSPS) is 13.1. The average Bonchev–Trinajstić information content (AvgIpc) is 2.84. The fourth-order valence-electron chi connectivity index (χ4n) is 4.07. The number of aromatic nitrogens is 2. The Morgan fingerprint density at radius 3 is 2.41 bits per heavy atom. The molecule has 0 radical (unpaired) electrons. The van der Waals surface area contributed by atoms with Crippen LogP contribution in [-0.4, -0.2) is 33.9 Å². The molecule has 2 aromatic carbocycles. The molecule has 1 aliphatic carbocycles. The second-order valence-corrected chi connectivity index (χ2v) is 9.45. The second-order valence-electron chi connectivity index (χ2n) is 9.45. The minimum absolute atomic E-state index is 0.0594. The van der Waals surface area contributed by atoms with E-state index in [2.05, 4.69) is 26.7 Å². The van der Waals surface area contributed by atoms with E-state index in [1.807, 2.05) is 12.1 Å². The molecule has 7 nitrogen and oxygen atoms in total. The Kier molecular flexibility index (Phi) is 8.75. The highest BCUT2D eigenvalue weighted by molar-refractivity contribution is 5.91. The molecule has 37 heavy (non-hydrogen) atoms. The summed E-state index contributed by atoms with van der Waals surface area (Å²) in [5, 5.41) is 12.8. The van der Waals surface area contributed by atoms with Gasteiger partial charge in [-0.1, -0.05) is 18.2 Å². The van der Waals surface area contributed by atoms with Crippen molar-refractivity contribution < 1.29 is 27.8 Å². The smallest absolute Gasteiger partial charge is 0.416 e. The molecule has 4 rings (SSSR count). The molecule has 0 atom stereocenters. The number of alkyl halides is 3. The topological polar surface area (TPSA) is 96.4 Å². The Hall–Kier alpha value is -3.66. The number of hydrogen-bond donors (Lipinski definition) is 3. The summed E-state index contributed by atoms with van der Waals surface area (Å²) in [5.74, 6) is 0.497. The van der Waals surface area contributed by atoms with Crippen molar-refractivity contribution in [2.75, 3.05) is 17.7 Å². The van der Waals surface area contributed by atoms with Crippen molar-refractivity contribution in [2.24, 2.45) is 0 Å². The lowest BCUT2D eigenvalue weighted by Crippen LogP contribution is -2.27. The lowest BCUT2D eigenvalue weighted by atomic mass is 9.90. The number of carbonyl (C=O) groups is 1. The molecule has 0 bridgehead atoms. The molecule has 3 N–H and O–H groups in total. The van der Waals surface area contributed by atoms with Gasteiger partial charge in [-0.05, 0) is 75.8 Å². The first-order chi connectivity index (χ1) is 17.5. The summed E-state index contributed by atoms with van der Waals surface area (Å²) in [7, 11) is 1.00. The van der Waals surface area contributed by atoms with Crippen LogP contribution in [0.4, 0.5) is 35.2 Å². The summed E-state index contributed by atoms with van der Waals surface area (Å²) in [6.45, 7) is 5.01. The second kappa shape index (κ2) is 11.6. The van der Waals surface area contributed by atoms with Crippen LogP contribution in [0.2, 0.25) is 0 Å². The number of rotatable bonds is 4. The number of fused-ring (bicyclic) bond motifs is 1. The van der Waals surface area contributed by atoms with Crippen LogP contribution in [0.25, 0.3) is 11.3 Å². The number of halogens is 3. The maximum Gasteiger partial charge on any atom is 0.416 e. The van der Waals surface area contributed by atoms with Gasteiger partial charge in [0.15, 0.2) is 0 Å². The van der Waals surface area contributed by atoms with Crippen LogP contribution in [0.5, 0.6) is 0 Å². The van der Waals surface area contributed by atoms with E-state index in [9.17, 15) is 18.0 Å². The molecule has 0 fully saturated rings. The lowest BCUT2D eigenvalue weighted by molar-refractivity contribution is -0.137. The number of aliphatic hydroxyl groups excluding tert-OH is 1. The maximum atomic E-state index is 13.4. The monoisotopic (exact) mass is 516 g/mol. The number of aryl methyl sites for hydroxylation is 1. The molecule has 0 aliphatic heterocycles. The molecule has 1 aliphatic rings. The fourth-order valence-corrected chi connectivity index (χ4v) is 4.07. The highest BCUT2D eigenvalue weighted by Gasteiger charge is 2.31. The largest absolute Gasteiger partial charge is 0.444 e. The highest BCUT2D eigenvalue weighted by Crippen LogP contribution is 2.36. The molecule has 0 saturated heterocycles. The van der Waals surface area contributed by atoms with E-state index in [4.69, 9.17) is 9.84 Å². The molecule has 0 unspecified atom stereocenters. The summed E-state index contributed by atoms with van der Waals surface area (Å²) in [6, 6.07) is 10.9. The van der Waals surface area contributed by atoms with Gasteiger partial charge >= 0.3 is 12.3 Å². The fraction of sp³-hybridized carbons (Fsp3) is 0.370. The minimum Gasteiger partial charge on any atom is -0.444 e. The third-order valence-corrected chi connectivity index (χ3v) is 5.58. The van der Waals surface area contributed by atoms with Gasteiger partial charge in [0.1, 0.15) is 17.7 Å². The zero-order valence-electron chi connectivity index (χ0n) is 21.2. The summed E-state index contributed by atoms with van der Waals surface area (Å²) in [4.78, 5) is 20.9. The molecule has 1 aromatic heterocycles. The molecule has 1 amide bonds. The SMILES string of the molecule is CC(C)(C)OC(=O)Nc1cc(C(F)(F)F)ccc1-c1cc(Nc2cccc3c2CCCC3)ncn1.CO. The minimum atomic E-state index is -4.58. The van der Waals surface area contributed by atoms with Gasteiger partial charge in [0, 0.05) is 24.4 Å². The standard InChI is InChI=1S/C26H27F3N4O2.CH4O/c1-25(2,3)35-24(34)33-22-13-17(26(27,28)29)11-12-19(22)21-14-23(31-15-30-21)32-20-10-6-8-16-7-4-5-9-18(16)20;1-2/h6,8,10-15H,4-5,7,9H2,1-3H3,(H,33,34)(H,30,31,32);2H,1H3. The van der Waals surface area contributed by atoms with E-state index < -0.39 is 23.4 Å². The number of aliphatic hydroxyl groups is 1. The molecule has 10 heteroatoms. The zero-order chi connectivity index (χ0) is 27.2. The van der Waals surface area contributed by atoms with Crippen LogP contribution < -0.4 is 10.6 Å². The predicted octanol–water partition coefficient (Wildman–Crippen LogP) is 6.74. The summed E-state index contributed by atoms with van der Waals surface area (Å²) in [5.41, 5.74) is 2.41. The van der Waals surface area contributed by atoms with Gasteiger partial charge < -0.3 is 15.2 Å². The molecular weight excluding hydrogens is 485 g/mol. The Bertz CT molecular complexity index is 1240. The van der Waals surface area contributed by atoms with E-state index in [1.54, 1.807) is 26.8 Å². The molecular formula is C27H31F3N4O3. The summed E-state index contributed by atoms with van der Waals surface area (Å²) >= 11 is 0. The number of benzene rings is 2. The van der Waals surface area contributed by atoms with Crippen LogP contribution in [-0.2, 0) is 23.8 Å². The van der Waals surface area contributed by atoms with E-state index in [1.165, 1.54) is 23.5 Å². The first-order valence-corrected chi connectivity index (χ1v) is 11.9. The zero-order valence-corrected chi connectivity index (χ0v) is 21.2. The summed E-state index contributed by atoms with van der Waals surface area (Å²) in [6.07, 6.45) is 0.183. The van der Waals surface area contributed by atoms with Crippen molar-refractivity contribution in [2.45, 2.75) is 58.2 Å². The van der Waals surface area contributed by atoms with Gasteiger partial charge in [-0.3, -0.25) is 5.32 Å². The van der Waals surface area contributed by atoms with Crippen molar-refractivity contribution in [3.8, 4) is 11.3 Å². The molecule has 3 aromatic rings. The molecule has 0 spiro atoms. The predicted molar refractivity (Wildman–Crippen MR) is 137 cm³/mol. The van der Waals surface area contributed by atoms with Crippen molar-refractivity contribution in [3.63, 3.8) is 0 Å². The molecule has 198 valence electrons. The Balaban J connectivity index is 0.00000186. The van der Waals surface area contributed by atoms with E-state index in [-0.39, 0.29) is 5.69 Å². The number of nitrogens with zero attached hydrogens (tertiary/aromatic N) is 2. The first kappa shape index (κ1) is 27.9. The number of amides is 1. The van der Waals surface area contributed by atoms with Crippen molar-refractivity contribution in [1.82, 2.24) is 9.97 Å². The van der Waals surface area contributed by atoms with Gasteiger partial charge in [0.05, 0.1) is 16.9 Å². The molecule has 0 saturated carbocycles. The number of nitrogens with one attached hydrogen (secondary N) is 2. The first-order valence-electron chi connectivity index (χ1n) is 11.9. The van der Waals surface area contributed by atoms with Crippen LogP contribution in [0.3, 0.4) is 0 Å². The Morgan fingerprint density at radius 2 is 1.70 bits per heavy atom. The van der Waals surface area contributed by atoms with Crippen LogP contribution in [0.1, 0.15) is 50.3 Å². The van der Waals surface area contributed by atoms with Gasteiger partial charge in [-0.15, -0.1) is 0 Å². The number of carbonyl (C=O) groups excluding carboxylic acids is 1. The third-order valence-electron chi connectivity index (χ3n) is 5.58. The summed E-state index contributed by atoms with van der Waals surface area (Å²) < 4.78 is 45.4. The Labute approximate surface area is 214 Å². The average molecular weight is 517 g/mol. The van der Waals surface area contributed by atoms with E-state index in [0.29, 0.717) is 17.1 Å². The third kappa shape index (κ3) is 7.42. The van der Waals surface area contributed by atoms with Gasteiger partial charge in [0.2, 0.25) is 0 Å². The van der Waals surface area contributed by atoms with Crippen LogP contribution in [0, 0.1) is 0 Å². The number of anilines is 3. The van der Waals surface area contributed by atoms with Gasteiger partial charge in [-0.2, -0.15) is 13.2 Å². The van der Waals surface area contributed by atoms with Crippen molar-refractivity contribution in [3.05, 3.63) is 65.5 Å². The van der Waals surface area contributed by atoms with Crippen molar-refractivity contribution in [1.29, 1.82) is 0 Å². The quantitative estimate of drug-likeness (QED) is 0.355. The number of ether oxygens (including phenoxy) is 1. The highest BCUT2D eigenvalue weighted by atomic mass is 19.4. The van der Waals surface area contributed by atoms with Gasteiger partial charge in [-0.25, -0.2) is 14.8 Å². The van der Waals surface area contributed by atoms with Crippen LogP contribution in [0.15, 0.2) is 48.8 Å². The van der Waals surface area contributed by atoms with E-state index in [0.717, 1.165) is 50.6 Å². The lowest BCUT2D eigenvalue weighted by Gasteiger charge is -2.21. The maximum absolute atomic E-state index is 13.4. The van der Waals surface area contributed by atoms with Crippen molar-refractivity contribution >= 4 is 23.3 Å². The Morgan fingerprint density at radius 1 is 0.973 bits per heavy atom. The molecule has 1 heterocycles.